The Bertz CT molecular complexity index is 961. The number of ether oxygens (including phenoxy) is 1. The molecule has 0 aliphatic carbocycles. The van der Waals surface area contributed by atoms with Crippen LogP contribution >= 0.6 is 27.5 Å². The fourth-order valence-corrected chi connectivity index (χ4v) is 3.00. The minimum absolute atomic E-state index is 0.312. The van der Waals surface area contributed by atoms with Gasteiger partial charge in [0.2, 0.25) is 0 Å². The first-order valence-electron chi connectivity index (χ1n) is 8.17. The Morgan fingerprint density at radius 1 is 1.07 bits per heavy atom. The van der Waals surface area contributed by atoms with Crippen molar-refractivity contribution in [1.82, 2.24) is 5.43 Å². The lowest BCUT2D eigenvalue weighted by atomic mass is 10.2. The van der Waals surface area contributed by atoms with Gasteiger partial charge >= 0.3 is 0 Å². The van der Waals surface area contributed by atoms with Gasteiger partial charge in [-0.3, -0.25) is 4.79 Å². The SMILES string of the molecule is O=C(N/N=C/c1cc(Cl)ccc1OCc1ccccc1)c1ccccc1Br. The van der Waals surface area contributed by atoms with Crippen LogP contribution in [0.4, 0.5) is 0 Å². The molecule has 0 atom stereocenters. The minimum Gasteiger partial charge on any atom is -0.488 e. The first-order valence-corrected chi connectivity index (χ1v) is 9.35. The Balaban J connectivity index is 1.70. The summed E-state index contributed by atoms with van der Waals surface area (Å²) in [6.45, 7) is 0.423. The van der Waals surface area contributed by atoms with Gasteiger partial charge in [-0.1, -0.05) is 54.1 Å². The number of halogens is 2. The van der Waals surface area contributed by atoms with Crippen LogP contribution in [-0.2, 0) is 6.61 Å². The number of hydrogen-bond donors (Lipinski definition) is 1. The third kappa shape index (κ3) is 5.42. The number of carbonyl (C=O) groups excluding carboxylic acids is 1. The van der Waals surface area contributed by atoms with Crippen LogP contribution in [0.2, 0.25) is 5.02 Å². The first-order chi connectivity index (χ1) is 13.1. The fraction of sp³-hybridized carbons (Fsp3) is 0.0476. The van der Waals surface area contributed by atoms with Crippen LogP contribution in [0.15, 0.2) is 82.4 Å². The zero-order valence-electron chi connectivity index (χ0n) is 14.2. The summed E-state index contributed by atoms with van der Waals surface area (Å²) in [4.78, 5) is 12.2. The van der Waals surface area contributed by atoms with E-state index in [9.17, 15) is 4.79 Å². The van der Waals surface area contributed by atoms with Crippen LogP contribution in [0.3, 0.4) is 0 Å². The van der Waals surface area contributed by atoms with Gasteiger partial charge in [0.25, 0.3) is 5.91 Å². The first kappa shape index (κ1) is 19.1. The van der Waals surface area contributed by atoms with Crippen molar-refractivity contribution >= 4 is 39.7 Å². The summed E-state index contributed by atoms with van der Waals surface area (Å²) in [6.07, 6.45) is 1.51. The highest BCUT2D eigenvalue weighted by Crippen LogP contribution is 2.22. The molecule has 0 aromatic heterocycles. The molecule has 0 fully saturated rings. The second-order valence-electron chi connectivity index (χ2n) is 5.64. The third-order valence-corrected chi connectivity index (χ3v) is 4.62. The van der Waals surface area contributed by atoms with Crippen molar-refractivity contribution in [3.05, 3.63) is 99.0 Å². The number of hydrazone groups is 1. The molecule has 27 heavy (non-hydrogen) atoms. The van der Waals surface area contributed by atoms with E-state index in [1.165, 1.54) is 6.21 Å². The second kappa shape index (κ2) is 9.35. The van der Waals surface area contributed by atoms with Gasteiger partial charge in [0.15, 0.2) is 0 Å². The minimum atomic E-state index is -0.312. The number of nitrogens with one attached hydrogen (secondary N) is 1. The molecule has 0 unspecified atom stereocenters. The van der Waals surface area contributed by atoms with E-state index in [4.69, 9.17) is 16.3 Å². The van der Waals surface area contributed by atoms with Gasteiger partial charge in [0.1, 0.15) is 12.4 Å². The Kier molecular flexibility index (Phi) is 6.63. The molecule has 136 valence electrons. The molecular formula is C21H16BrClN2O2. The van der Waals surface area contributed by atoms with Crippen molar-refractivity contribution in [3.63, 3.8) is 0 Å². The van der Waals surface area contributed by atoms with E-state index < -0.39 is 0 Å². The van der Waals surface area contributed by atoms with Crippen LogP contribution < -0.4 is 10.2 Å². The van der Waals surface area contributed by atoms with Gasteiger partial charge in [-0.05, 0) is 51.8 Å². The van der Waals surface area contributed by atoms with Crippen LogP contribution in [0.5, 0.6) is 5.75 Å². The summed E-state index contributed by atoms with van der Waals surface area (Å²) >= 11 is 9.43. The zero-order chi connectivity index (χ0) is 19.1. The van der Waals surface area contributed by atoms with E-state index in [-0.39, 0.29) is 5.91 Å². The Labute approximate surface area is 171 Å². The summed E-state index contributed by atoms with van der Waals surface area (Å²) in [5.74, 6) is 0.314. The van der Waals surface area contributed by atoms with E-state index in [1.807, 2.05) is 36.4 Å². The van der Waals surface area contributed by atoms with Crippen molar-refractivity contribution in [1.29, 1.82) is 0 Å². The fourth-order valence-electron chi connectivity index (χ4n) is 2.35. The summed E-state index contributed by atoms with van der Waals surface area (Å²) < 4.78 is 6.57. The van der Waals surface area contributed by atoms with Gasteiger partial charge in [0.05, 0.1) is 11.8 Å². The molecule has 0 radical (unpaired) electrons. The normalized spacial score (nSPS) is 10.7. The lowest BCUT2D eigenvalue weighted by Crippen LogP contribution is -2.18. The topological polar surface area (TPSA) is 50.7 Å². The highest BCUT2D eigenvalue weighted by atomic mass is 79.9. The van der Waals surface area contributed by atoms with Gasteiger partial charge < -0.3 is 4.74 Å². The standard InChI is InChI=1S/C21H16BrClN2O2/c22-19-9-5-4-8-18(19)21(26)25-24-13-16-12-17(23)10-11-20(16)27-14-15-6-2-1-3-7-15/h1-13H,14H2,(H,25,26)/b24-13+. The number of amides is 1. The largest absolute Gasteiger partial charge is 0.488 e. The van der Waals surface area contributed by atoms with Gasteiger partial charge in [-0.25, -0.2) is 5.43 Å². The van der Waals surface area contributed by atoms with Crippen molar-refractivity contribution in [2.24, 2.45) is 5.10 Å². The summed E-state index contributed by atoms with van der Waals surface area (Å²) in [7, 11) is 0. The molecule has 3 aromatic rings. The maximum absolute atomic E-state index is 12.2. The molecule has 1 amide bonds. The molecule has 3 aromatic carbocycles. The van der Waals surface area contributed by atoms with Gasteiger partial charge in [-0.2, -0.15) is 5.10 Å². The number of carbonyl (C=O) groups is 1. The Hall–Kier alpha value is -2.63. The molecule has 0 aliphatic heterocycles. The highest BCUT2D eigenvalue weighted by Gasteiger charge is 2.08. The van der Waals surface area contributed by atoms with Crippen molar-refractivity contribution in [2.45, 2.75) is 6.61 Å². The van der Waals surface area contributed by atoms with Crippen LogP contribution in [0.1, 0.15) is 21.5 Å². The monoisotopic (exact) mass is 442 g/mol. The summed E-state index contributed by atoms with van der Waals surface area (Å²) in [5, 5.41) is 4.59. The van der Waals surface area contributed by atoms with Crippen molar-refractivity contribution < 1.29 is 9.53 Å². The predicted octanol–water partition coefficient (Wildman–Crippen LogP) is 5.45. The molecule has 1 N–H and O–H groups in total. The maximum Gasteiger partial charge on any atom is 0.272 e. The molecule has 3 rings (SSSR count). The van der Waals surface area contributed by atoms with Crippen LogP contribution in [0, 0.1) is 0 Å². The van der Waals surface area contributed by atoms with E-state index in [0.29, 0.717) is 33.0 Å². The Morgan fingerprint density at radius 2 is 1.81 bits per heavy atom. The molecule has 0 heterocycles. The van der Waals surface area contributed by atoms with Gasteiger partial charge in [-0.15, -0.1) is 0 Å². The molecule has 0 bridgehead atoms. The Morgan fingerprint density at radius 3 is 2.59 bits per heavy atom. The van der Waals surface area contributed by atoms with E-state index in [2.05, 4.69) is 26.5 Å². The quantitative estimate of drug-likeness (QED) is 0.407. The smallest absolute Gasteiger partial charge is 0.272 e. The zero-order valence-corrected chi connectivity index (χ0v) is 16.6. The lowest BCUT2D eigenvalue weighted by molar-refractivity contribution is 0.0954. The second-order valence-corrected chi connectivity index (χ2v) is 6.93. The average Bonchev–Trinajstić information content (AvgIpc) is 2.68. The lowest BCUT2D eigenvalue weighted by Gasteiger charge is -2.09. The molecule has 0 saturated carbocycles. The predicted molar refractivity (Wildman–Crippen MR) is 111 cm³/mol. The van der Waals surface area contributed by atoms with E-state index in [0.717, 1.165) is 5.56 Å². The van der Waals surface area contributed by atoms with E-state index in [1.54, 1.807) is 36.4 Å². The molecule has 6 heteroatoms. The third-order valence-electron chi connectivity index (χ3n) is 3.70. The summed E-state index contributed by atoms with van der Waals surface area (Å²) in [5.41, 5.74) is 4.74. The number of hydrogen-bond acceptors (Lipinski definition) is 3. The average molecular weight is 444 g/mol. The number of rotatable bonds is 6. The molecular weight excluding hydrogens is 428 g/mol. The van der Waals surface area contributed by atoms with Crippen molar-refractivity contribution in [2.75, 3.05) is 0 Å². The molecule has 0 aliphatic rings. The molecule has 4 nitrogen and oxygen atoms in total. The molecule has 0 spiro atoms. The summed E-state index contributed by atoms with van der Waals surface area (Å²) in [6, 6.07) is 22.2. The van der Waals surface area contributed by atoms with Crippen LogP contribution in [-0.4, -0.2) is 12.1 Å². The van der Waals surface area contributed by atoms with Crippen molar-refractivity contribution in [3.8, 4) is 5.75 Å². The highest BCUT2D eigenvalue weighted by molar-refractivity contribution is 9.10. The molecule has 0 saturated heterocycles. The van der Waals surface area contributed by atoms with E-state index >= 15 is 0 Å². The van der Waals surface area contributed by atoms with Crippen LogP contribution in [0.25, 0.3) is 0 Å². The van der Waals surface area contributed by atoms with Gasteiger partial charge in [0, 0.05) is 15.1 Å². The number of benzene rings is 3. The maximum atomic E-state index is 12.2. The number of nitrogens with zero attached hydrogens (tertiary/aromatic N) is 1.